The number of fused-ring (bicyclic) bond motifs is 1. The highest BCUT2D eigenvalue weighted by Crippen LogP contribution is 2.29. The Balaban J connectivity index is 1.49. The smallest absolute Gasteiger partial charge is 0.243 e. The zero-order valence-electron chi connectivity index (χ0n) is 16.9. The maximum atomic E-state index is 13.5. The first kappa shape index (κ1) is 22.7. The first-order valence-corrected chi connectivity index (χ1v) is 11.7. The third kappa shape index (κ3) is 5.10. The highest BCUT2D eigenvalue weighted by atomic mass is 35.5. The van der Waals surface area contributed by atoms with Crippen LogP contribution in [0.2, 0.25) is 5.02 Å². The molecule has 0 fully saturated rings. The number of hydrogen-bond donors (Lipinski definition) is 0. The minimum absolute atomic E-state index is 0.0815. The molecule has 4 rings (SSSR count). The zero-order chi connectivity index (χ0) is 22.7. The van der Waals surface area contributed by atoms with Gasteiger partial charge in [0.15, 0.2) is 0 Å². The second-order valence-electron chi connectivity index (χ2n) is 7.33. The van der Waals surface area contributed by atoms with E-state index >= 15 is 0 Å². The predicted octanol–water partition coefficient (Wildman–Crippen LogP) is 4.92. The standard InChI is InChI=1S/C23H20ClF2NO4S/c24-21-12-20(5-6-22(21)26)32(28,29)27-8-9-31-23-7-4-17(10-18(23)13-27)15-30-14-16-2-1-3-19(25)11-16/h1-7,10-12H,8-9,13-15H2. The molecule has 0 aromatic heterocycles. The number of sulfonamides is 1. The maximum absolute atomic E-state index is 13.5. The molecule has 0 bridgehead atoms. The van der Waals surface area contributed by atoms with Crippen LogP contribution in [0.3, 0.4) is 0 Å². The Morgan fingerprint density at radius 3 is 2.53 bits per heavy atom. The topological polar surface area (TPSA) is 55.8 Å². The number of hydrogen-bond acceptors (Lipinski definition) is 4. The molecule has 5 nitrogen and oxygen atoms in total. The van der Waals surface area contributed by atoms with Crippen LogP contribution in [0.25, 0.3) is 0 Å². The van der Waals surface area contributed by atoms with E-state index in [2.05, 4.69) is 0 Å². The molecule has 1 aliphatic rings. The van der Waals surface area contributed by atoms with Crippen molar-refractivity contribution in [3.05, 3.63) is 94.0 Å². The number of ether oxygens (including phenoxy) is 2. The molecule has 0 radical (unpaired) electrons. The van der Waals surface area contributed by atoms with Crippen LogP contribution in [-0.2, 0) is 34.5 Å². The quantitative estimate of drug-likeness (QED) is 0.503. The van der Waals surface area contributed by atoms with Crippen molar-refractivity contribution in [1.29, 1.82) is 0 Å². The van der Waals surface area contributed by atoms with E-state index < -0.39 is 15.8 Å². The Bertz CT molecular complexity index is 1240. The van der Waals surface area contributed by atoms with Gasteiger partial charge in [0, 0.05) is 18.7 Å². The SMILES string of the molecule is O=S(=O)(c1ccc(F)c(Cl)c1)N1CCOc2ccc(COCc3cccc(F)c3)cc2C1. The van der Waals surface area contributed by atoms with Gasteiger partial charge >= 0.3 is 0 Å². The first-order chi connectivity index (χ1) is 15.3. The van der Waals surface area contributed by atoms with Crippen molar-refractivity contribution in [2.45, 2.75) is 24.7 Å². The molecule has 1 heterocycles. The molecule has 0 amide bonds. The molecule has 0 N–H and O–H groups in total. The summed E-state index contributed by atoms with van der Waals surface area (Å²) in [7, 11) is -3.90. The fraction of sp³-hybridized carbons (Fsp3) is 0.217. The summed E-state index contributed by atoms with van der Waals surface area (Å²) in [5.74, 6) is -0.413. The molecule has 0 saturated heterocycles. The number of benzene rings is 3. The lowest BCUT2D eigenvalue weighted by Gasteiger charge is -2.20. The maximum Gasteiger partial charge on any atom is 0.243 e. The van der Waals surface area contributed by atoms with Crippen LogP contribution < -0.4 is 4.74 Å². The highest BCUT2D eigenvalue weighted by molar-refractivity contribution is 7.89. The third-order valence-corrected chi connectivity index (χ3v) is 7.16. The Labute approximate surface area is 190 Å². The number of nitrogens with zero attached hydrogens (tertiary/aromatic N) is 1. The molecule has 9 heteroatoms. The van der Waals surface area contributed by atoms with Crippen LogP contribution in [0.4, 0.5) is 8.78 Å². The molecule has 0 spiro atoms. The molecule has 3 aromatic carbocycles. The van der Waals surface area contributed by atoms with E-state index in [1.807, 2.05) is 12.1 Å². The normalized spacial score (nSPS) is 14.5. The molecule has 3 aromatic rings. The van der Waals surface area contributed by atoms with Crippen molar-refractivity contribution in [2.24, 2.45) is 0 Å². The predicted molar refractivity (Wildman–Crippen MR) is 116 cm³/mol. The second-order valence-corrected chi connectivity index (χ2v) is 9.67. The molecule has 0 unspecified atom stereocenters. The van der Waals surface area contributed by atoms with Gasteiger partial charge in [-0.25, -0.2) is 17.2 Å². The van der Waals surface area contributed by atoms with E-state index in [9.17, 15) is 17.2 Å². The molecule has 32 heavy (non-hydrogen) atoms. The van der Waals surface area contributed by atoms with E-state index in [0.29, 0.717) is 11.3 Å². The van der Waals surface area contributed by atoms with E-state index in [1.165, 1.54) is 22.5 Å². The Kier molecular flexibility index (Phi) is 6.76. The van der Waals surface area contributed by atoms with Gasteiger partial charge in [-0.05, 0) is 53.6 Å². The van der Waals surface area contributed by atoms with Gasteiger partial charge in [-0.15, -0.1) is 0 Å². The molecular weight excluding hydrogens is 460 g/mol. The molecule has 0 saturated carbocycles. The monoisotopic (exact) mass is 479 g/mol. The average Bonchev–Trinajstić information content (AvgIpc) is 2.98. The van der Waals surface area contributed by atoms with Crippen molar-refractivity contribution in [3.63, 3.8) is 0 Å². The van der Waals surface area contributed by atoms with Crippen molar-refractivity contribution in [3.8, 4) is 5.75 Å². The van der Waals surface area contributed by atoms with Crippen LogP contribution in [0.1, 0.15) is 16.7 Å². The van der Waals surface area contributed by atoms with Crippen LogP contribution in [-0.4, -0.2) is 25.9 Å². The summed E-state index contributed by atoms with van der Waals surface area (Å²) in [5, 5.41) is -0.254. The Morgan fingerprint density at radius 2 is 1.78 bits per heavy atom. The number of rotatable bonds is 6. The lowest BCUT2D eigenvalue weighted by atomic mass is 10.1. The van der Waals surface area contributed by atoms with Crippen molar-refractivity contribution in [1.82, 2.24) is 4.31 Å². The van der Waals surface area contributed by atoms with Crippen molar-refractivity contribution in [2.75, 3.05) is 13.2 Å². The summed E-state index contributed by atoms with van der Waals surface area (Å²) < 4.78 is 65.6. The lowest BCUT2D eigenvalue weighted by molar-refractivity contribution is 0.107. The fourth-order valence-electron chi connectivity index (χ4n) is 3.42. The van der Waals surface area contributed by atoms with E-state index in [4.69, 9.17) is 21.1 Å². The van der Waals surface area contributed by atoms with E-state index in [1.54, 1.807) is 18.2 Å². The van der Waals surface area contributed by atoms with Crippen LogP contribution >= 0.6 is 11.6 Å². The van der Waals surface area contributed by atoms with E-state index in [0.717, 1.165) is 23.3 Å². The van der Waals surface area contributed by atoms with Gasteiger partial charge in [0.2, 0.25) is 10.0 Å². The first-order valence-electron chi connectivity index (χ1n) is 9.85. The fourth-order valence-corrected chi connectivity index (χ4v) is 5.09. The average molecular weight is 480 g/mol. The molecule has 0 aliphatic carbocycles. The van der Waals surface area contributed by atoms with Crippen LogP contribution in [0, 0.1) is 11.6 Å². The van der Waals surface area contributed by atoms with Crippen molar-refractivity contribution < 1.29 is 26.7 Å². The largest absolute Gasteiger partial charge is 0.492 e. The third-order valence-electron chi connectivity index (χ3n) is 5.03. The van der Waals surface area contributed by atoms with Crippen molar-refractivity contribution >= 4 is 21.6 Å². The van der Waals surface area contributed by atoms with Gasteiger partial charge in [-0.2, -0.15) is 4.31 Å². The van der Waals surface area contributed by atoms with Crippen LogP contribution in [0.5, 0.6) is 5.75 Å². The second kappa shape index (κ2) is 9.54. The highest BCUT2D eigenvalue weighted by Gasteiger charge is 2.28. The minimum atomic E-state index is -3.90. The van der Waals surface area contributed by atoms with Gasteiger partial charge in [0.05, 0.1) is 23.1 Å². The van der Waals surface area contributed by atoms with Gasteiger partial charge in [0.25, 0.3) is 0 Å². The lowest BCUT2D eigenvalue weighted by Crippen LogP contribution is -2.32. The Morgan fingerprint density at radius 1 is 1.00 bits per heavy atom. The summed E-state index contributed by atoms with van der Waals surface area (Å²) in [6.07, 6.45) is 0. The van der Waals surface area contributed by atoms with E-state index in [-0.39, 0.29) is 48.6 Å². The molecule has 0 atom stereocenters. The molecular formula is C23H20ClF2NO4S. The minimum Gasteiger partial charge on any atom is -0.492 e. The zero-order valence-corrected chi connectivity index (χ0v) is 18.5. The van der Waals surface area contributed by atoms with Gasteiger partial charge in [-0.3, -0.25) is 0 Å². The molecule has 168 valence electrons. The summed E-state index contributed by atoms with van der Waals surface area (Å²) in [4.78, 5) is -0.0815. The number of halogens is 3. The van der Waals surface area contributed by atoms with Gasteiger partial charge < -0.3 is 9.47 Å². The summed E-state index contributed by atoms with van der Waals surface area (Å²) in [6, 6.07) is 15.0. The summed E-state index contributed by atoms with van der Waals surface area (Å²) >= 11 is 5.78. The van der Waals surface area contributed by atoms with Crippen LogP contribution in [0.15, 0.2) is 65.6 Å². The Hall–Kier alpha value is -2.52. The summed E-state index contributed by atoms with van der Waals surface area (Å²) in [5.41, 5.74) is 2.23. The van der Waals surface area contributed by atoms with Gasteiger partial charge in [0.1, 0.15) is 24.0 Å². The molecule has 1 aliphatic heterocycles. The summed E-state index contributed by atoms with van der Waals surface area (Å²) in [6.45, 7) is 0.916. The van der Waals surface area contributed by atoms with Gasteiger partial charge in [-0.1, -0.05) is 29.8 Å².